The maximum Gasteiger partial charge on any atom is 0.254 e. The third-order valence-electron chi connectivity index (χ3n) is 3.83. The van der Waals surface area contributed by atoms with Crippen LogP contribution in [0.15, 0.2) is 18.2 Å². The number of anilines is 1. The van der Waals surface area contributed by atoms with Crippen molar-refractivity contribution in [2.45, 2.75) is 32.2 Å². The molecule has 1 aliphatic rings. The number of amides is 2. The van der Waals surface area contributed by atoms with Crippen molar-refractivity contribution >= 4 is 29.9 Å². The van der Waals surface area contributed by atoms with Crippen LogP contribution in [-0.2, 0) is 4.79 Å². The van der Waals surface area contributed by atoms with Gasteiger partial charge in [0.05, 0.1) is 11.1 Å². The third-order valence-corrected chi connectivity index (χ3v) is 3.83. The van der Waals surface area contributed by atoms with Crippen molar-refractivity contribution in [2.24, 2.45) is 11.7 Å². The molecule has 22 heavy (non-hydrogen) atoms. The van der Waals surface area contributed by atoms with Gasteiger partial charge in [-0.05, 0) is 43.9 Å². The van der Waals surface area contributed by atoms with E-state index in [4.69, 9.17) is 5.73 Å². The van der Waals surface area contributed by atoms with Crippen molar-refractivity contribution in [2.75, 3.05) is 11.9 Å². The second-order valence-electron chi connectivity index (χ2n) is 5.73. The Morgan fingerprint density at radius 2 is 2.05 bits per heavy atom. The van der Waals surface area contributed by atoms with Crippen LogP contribution in [0, 0.1) is 11.7 Å². The first-order chi connectivity index (χ1) is 9.85. The van der Waals surface area contributed by atoms with E-state index in [0.717, 1.165) is 18.9 Å². The maximum absolute atomic E-state index is 13.8. The Labute approximate surface area is 135 Å². The second-order valence-corrected chi connectivity index (χ2v) is 5.73. The predicted molar refractivity (Wildman–Crippen MR) is 85.6 cm³/mol. The highest BCUT2D eigenvalue weighted by atomic mass is 35.5. The maximum atomic E-state index is 13.8. The number of nitrogens with one attached hydrogen (secondary N) is 2. The Bertz CT molecular complexity index is 578. The van der Waals surface area contributed by atoms with E-state index in [9.17, 15) is 14.0 Å². The zero-order chi connectivity index (χ0) is 15.6. The summed E-state index contributed by atoms with van der Waals surface area (Å²) >= 11 is 0. The highest BCUT2D eigenvalue weighted by Gasteiger charge is 2.41. The van der Waals surface area contributed by atoms with Gasteiger partial charge in [0.2, 0.25) is 5.91 Å². The minimum Gasteiger partial charge on any atom is -0.345 e. The molecule has 1 atom stereocenters. The van der Waals surface area contributed by atoms with Gasteiger partial charge in [-0.25, -0.2) is 4.39 Å². The fourth-order valence-electron chi connectivity index (χ4n) is 2.35. The van der Waals surface area contributed by atoms with Gasteiger partial charge < -0.3 is 16.4 Å². The Morgan fingerprint density at radius 3 is 2.55 bits per heavy atom. The summed E-state index contributed by atoms with van der Waals surface area (Å²) in [5.74, 6) is -1.08. The lowest BCUT2D eigenvalue weighted by Crippen LogP contribution is -2.53. The quantitative estimate of drug-likeness (QED) is 0.773. The summed E-state index contributed by atoms with van der Waals surface area (Å²) in [6.07, 6.45) is 2.03. The largest absolute Gasteiger partial charge is 0.345 e. The number of hydrogen-bond donors (Lipinski definition) is 3. The summed E-state index contributed by atoms with van der Waals surface area (Å²) in [5, 5.41) is 5.35. The third kappa shape index (κ3) is 4.18. The van der Waals surface area contributed by atoms with Gasteiger partial charge in [-0.15, -0.1) is 12.4 Å². The average Bonchev–Trinajstić information content (AvgIpc) is 3.25. The number of halogens is 2. The smallest absolute Gasteiger partial charge is 0.254 e. The van der Waals surface area contributed by atoms with E-state index in [1.54, 1.807) is 0 Å². The average molecular weight is 330 g/mol. The molecule has 5 nitrogen and oxygen atoms in total. The minimum absolute atomic E-state index is 0. The van der Waals surface area contributed by atoms with Crippen molar-refractivity contribution < 1.29 is 14.0 Å². The Balaban J connectivity index is 0.00000242. The summed E-state index contributed by atoms with van der Waals surface area (Å²) < 4.78 is 13.8. The van der Waals surface area contributed by atoms with Crippen LogP contribution in [0.25, 0.3) is 0 Å². The molecule has 0 aliphatic heterocycles. The molecule has 2 amide bonds. The molecule has 122 valence electrons. The molecule has 2 rings (SSSR count). The second kappa shape index (κ2) is 7.07. The number of nitrogens with two attached hydrogens (primary N) is 1. The number of carbonyl (C=O) groups excluding carboxylic acids is 2. The van der Waals surface area contributed by atoms with E-state index in [2.05, 4.69) is 10.6 Å². The highest BCUT2D eigenvalue weighted by Crippen LogP contribution is 2.39. The lowest BCUT2D eigenvalue weighted by Gasteiger charge is -2.29. The summed E-state index contributed by atoms with van der Waals surface area (Å²) in [7, 11) is 0. The van der Waals surface area contributed by atoms with Crippen LogP contribution in [0.4, 0.5) is 10.1 Å². The van der Waals surface area contributed by atoms with Gasteiger partial charge in [0.25, 0.3) is 5.91 Å². The zero-order valence-electron chi connectivity index (χ0n) is 12.6. The molecule has 1 aromatic rings. The molecule has 1 saturated carbocycles. The first-order valence-electron chi connectivity index (χ1n) is 6.95. The van der Waals surface area contributed by atoms with Gasteiger partial charge in [-0.2, -0.15) is 0 Å². The highest BCUT2D eigenvalue weighted by molar-refractivity contribution is 5.97. The Morgan fingerprint density at radius 1 is 1.41 bits per heavy atom. The van der Waals surface area contributed by atoms with E-state index in [1.165, 1.54) is 19.1 Å². The van der Waals surface area contributed by atoms with E-state index in [-0.39, 0.29) is 23.9 Å². The first-order valence-corrected chi connectivity index (χ1v) is 6.95. The first kappa shape index (κ1) is 18.4. The van der Waals surface area contributed by atoms with Crippen molar-refractivity contribution in [3.8, 4) is 0 Å². The van der Waals surface area contributed by atoms with Gasteiger partial charge >= 0.3 is 0 Å². The molecule has 0 heterocycles. The van der Waals surface area contributed by atoms with Crippen LogP contribution < -0.4 is 16.4 Å². The monoisotopic (exact) mass is 329 g/mol. The van der Waals surface area contributed by atoms with E-state index < -0.39 is 17.3 Å². The van der Waals surface area contributed by atoms with Crippen LogP contribution in [0.2, 0.25) is 0 Å². The number of carbonyl (C=O) groups is 2. The molecule has 7 heteroatoms. The predicted octanol–water partition coefficient (Wildman–Crippen LogP) is 2.06. The Hall–Kier alpha value is -1.66. The van der Waals surface area contributed by atoms with E-state index >= 15 is 0 Å². The molecule has 0 bridgehead atoms. The SMILES string of the molecule is CC(=O)Nc1ccc(F)c(C(=O)NC(C)(CN)C2CC2)c1.Cl. The minimum atomic E-state index is -0.628. The molecule has 1 unspecified atom stereocenters. The fraction of sp³-hybridized carbons (Fsp3) is 0.467. The normalized spacial score (nSPS) is 16.2. The van der Waals surface area contributed by atoms with Crippen LogP contribution >= 0.6 is 12.4 Å². The van der Waals surface area contributed by atoms with Gasteiger partial charge in [0.1, 0.15) is 5.82 Å². The molecular weight excluding hydrogens is 309 g/mol. The van der Waals surface area contributed by atoms with Crippen LogP contribution in [-0.4, -0.2) is 23.9 Å². The molecule has 0 aromatic heterocycles. The summed E-state index contributed by atoms with van der Waals surface area (Å²) in [6.45, 7) is 3.52. The summed E-state index contributed by atoms with van der Waals surface area (Å²) in [4.78, 5) is 23.3. The molecule has 1 fully saturated rings. The molecule has 0 saturated heterocycles. The van der Waals surface area contributed by atoms with Gasteiger partial charge in [0, 0.05) is 19.2 Å². The molecule has 1 aliphatic carbocycles. The molecule has 1 aromatic carbocycles. The van der Waals surface area contributed by atoms with Crippen LogP contribution in [0.1, 0.15) is 37.0 Å². The lowest BCUT2D eigenvalue weighted by molar-refractivity contribution is -0.114. The van der Waals surface area contributed by atoms with Crippen LogP contribution in [0.5, 0.6) is 0 Å². The number of benzene rings is 1. The topological polar surface area (TPSA) is 84.2 Å². The van der Waals surface area contributed by atoms with Crippen LogP contribution in [0.3, 0.4) is 0 Å². The van der Waals surface area contributed by atoms with Crippen molar-refractivity contribution in [1.82, 2.24) is 5.32 Å². The van der Waals surface area contributed by atoms with E-state index in [1.807, 2.05) is 6.92 Å². The molecule has 0 spiro atoms. The summed E-state index contributed by atoms with van der Waals surface area (Å²) in [6, 6.07) is 3.91. The van der Waals surface area contributed by atoms with Crippen molar-refractivity contribution in [3.05, 3.63) is 29.6 Å². The van der Waals surface area contributed by atoms with E-state index in [0.29, 0.717) is 18.2 Å². The number of rotatable bonds is 5. The van der Waals surface area contributed by atoms with Gasteiger partial charge in [-0.3, -0.25) is 9.59 Å². The zero-order valence-corrected chi connectivity index (χ0v) is 13.4. The molecular formula is C15H21ClFN3O2. The summed E-state index contributed by atoms with van der Waals surface area (Å²) in [5.41, 5.74) is 5.51. The van der Waals surface area contributed by atoms with Gasteiger partial charge in [0.15, 0.2) is 0 Å². The fourth-order valence-corrected chi connectivity index (χ4v) is 2.35. The number of hydrogen-bond acceptors (Lipinski definition) is 3. The molecule has 0 radical (unpaired) electrons. The van der Waals surface area contributed by atoms with Crippen molar-refractivity contribution in [1.29, 1.82) is 0 Å². The van der Waals surface area contributed by atoms with Crippen molar-refractivity contribution in [3.63, 3.8) is 0 Å². The molecule has 4 N–H and O–H groups in total. The Kier molecular flexibility index (Phi) is 5.91. The van der Waals surface area contributed by atoms with Gasteiger partial charge in [-0.1, -0.05) is 0 Å². The lowest BCUT2D eigenvalue weighted by atomic mass is 9.95. The standard InChI is InChI=1S/C15H20FN3O2.ClH/c1-9(20)18-11-5-6-13(16)12(7-11)14(21)19-15(2,8-17)10-3-4-10;/h5-7,10H,3-4,8,17H2,1-2H3,(H,18,20)(H,19,21);1H.